The van der Waals surface area contributed by atoms with E-state index in [0.717, 1.165) is 48.3 Å². The molecule has 2 rings (SSSR count). The first-order valence-electron chi connectivity index (χ1n) is 6.55. The molecule has 1 fully saturated rings. The normalized spacial score (nSPS) is 16.2. The molecule has 1 aromatic rings. The molecule has 1 saturated carbocycles. The summed E-state index contributed by atoms with van der Waals surface area (Å²) >= 11 is 0. The molecule has 0 amide bonds. The van der Waals surface area contributed by atoms with Crippen molar-refractivity contribution >= 4 is 6.08 Å². The summed E-state index contributed by atoms with van der Waals surface area (Å²) < 4.78 is 10.9. The second-order valence-electron chi connectivity index (χ2n) is 4.77. The molecule has 0 N–H and O–H groups in total. The summed E-state index contributed by atoms with van der Waals surface area (Å²) in [4.78, 5) is 14.8. The molecule has 1 aromatic carbocycles. The molecule has 4 heteroatoms. The van der Waals surface area contributed by atoms with Gasteiger partial charge in [0.15, 0.2) is 0 Å². The highest BCUT2D eigenvalue weighted by Gasteiger charge is 2.41. The Morgan fingerprint density at radius 3 is 2.47 bits per heavy atom. The number of hydrogen-bond acceptors (Lipinski definition) is 4. The molecule has 0 heterocycles. The molecule has 102 valence electrons. The third-order valence-electron chi connectivity index (χ3n) is 3.94. The lowest BCUT2D eigenvalue weighted by Gasteiger charge is -2.38. The Morgan fingerprint density at radius 1 is 1.32 bits per heavy atom. The number of aliphatic imine (C=N–C) groups is 1. The van der Waals surface area contributed by atoms with Crippen LogP contribution in [-0.4, -0.2) is 20.3 Å². The van der Waals surface area contributed by atoms with Crippen molar-refractivity contribution in [3.05, 3.63) is 23.3 Å². The van der Waals surface area contributed by atoms with Crippen LogP contribution in [0.3, 0.4) is 0 Å². The van der Waals surface area contributed by atoms with Crippen molar-refractivity contribution in [2.24, 2.45) is 4.99 Å². The van der Waals surface area contributed by atoms with Gasteiger partial charge in [-0.05, 0) is 37.8 Å². The van der Waals surface area contributed by atoms with E-state index < -0.39 is 5.54 Å². The Labute approximate surface area is 113 Å². The molecule has 0 aliphatic heterocycles. The third-order valence-corrected chi connectivity index (χ3v) is 3.94. The number of nitrogens with zero attached hydrogens (tertiary/aromatic N) is 1. The van der Waals surface area contributed by atoms with E-state index >= 15 is 0 Å². The first-order valence-corrected chi connectivity index (χ1v) is 6.55. The highest BCUT2D eigenvalue weighted by Crippen LogP contribution is 2.50. The van der Waals surface area contributed by atoms with Crippen molar-refractivity contribution in [1.29, 1.82) is 0 Å². The van der Waals surface area contributed by atoms with Crippen molar-refractivity contribution in [1.82, 2.24) is 0 Å². The Balaban J connectivity index is 2.60. The van der Waals surface area contributed by atoms with Gasteiger partial charge in [-0.2, -0.15) is 4.99 Å². The molecule has 0 atom stereocenters. The van der Waals surface area contributed by atoms with E-state index in [1.165, 1.54) is 0 Å². The van der Waals surface area contributed by atoms with Crippen molar-refractivity contribution in [2.75, 3.05) is 14.2 Å². The molecule has 0 radical (unpaired) electrons. The fraction of sp³-hybridized carbons (Fsp3) is 0.533. The minimum Gasteiger partial charge on any atom is -0.496 e. The zero-order valence-corrected chi connectivity index (χ0v) is 11.7. The molecule has 19 heavy (non-hydrogen) atoms. The molecule has 0 saturated heterocycles. The average Bonchev–Trinajstić information content (AvgIpc) is 2.41. The number of methoxy groups -OCH3 is 2. The van der Waals surface area contributed by atoms with Gasteiger partial charge in [0.05, 0.1) is 14.2 Å². The largest absolute Gasteiger partial charge is 0.496 e. The lowest BCUT2D eigenvalue weighted by atomic mass is 9.71. The second-order valence-corrected chi connectivity index (χ2v) is 4.77. The van der Waals surface area contributed by atoms with Gasteiger partial charge in [-0.1, -0.05) is 6.92 Å². The van der Waals surface area contributed by atoms with E-state index in [1.807, 2.05) is 12.1 Å². The second kappa shape index (κ2) is 5.45. The highest BCUT2D eigenvalue weighted by atomic mass is 16.5. The minimum atomic E-state index is -0.441. The van der Waals surface area contributed by atoms with Gasteiger partial charge in [-0.25, -0.2) is 4.79 Å². The van der Waals surface area contributed by atoms with Gasteiger partial charge in [0, 0.05) is 11.1 Å². The molecular formula is C15H19NO3. The SMILES string of the molecule is CCc1c(OC)ccc(C2(N=C=O)CCC2)c1OC. The number of rotatable bonds is 5. The van der Waals surface area contributed by atoms with Crippen LogP contribution < -0.4 is 9.47 Å². The molecule has 0 unspecified atom stereocenters. The summed E-state index contributed by atoms with van der Waals surface area (Å²) in [6.45, 7) is 2.06. The Bertz CT molecular complexity index is 514. The van der Waals surface area contributed by atoms with E-state index in [9.17, 15) is 4.79 Å². The van der Waals surface area contributed by atoms with Crippen LogP contribution in [0.2, 0.25) is 0 Å². The molecule has 1 aliphatic carbocycles. The molecular weight excluding hydrogens is 242 g/mol. The quantitative estimate of drug-likeness (QED) is 0.604. The van der Waals surface area contributed by atoms with E-state index in [4.69, 9.17) is 9.47 Å². The third kappa shape index (κ3) is 2.13. The van der Waals surface area contributed by atoms with Crippen LogP contribution in [0.25, 0.3) is 0 Å². The van der Waals surface area contributed by atoms with Crippen LogP contribution in [-0.2, 0) is 16.8 Å². The van der Waals surface area contributed by atoms with E-state index in [1.54, 1.807) is 20.3 Å². The summed E-state index contributed by atoms with van der Waals surface area (Å²) in [7, 11) is 3.30. The summed E-state index contributed by atoms with van der Waals surface area (Å²) in [6, 6.07) is 3.88. The molecule has 1 aliphatic rings. The van der Waals surface area contributed by atoms with Crippen LogP contribution in [0.5, 0.6) is 11.5 Å². The van der Waals surface area contributed by atoms with Crippen molar-refractivity contribution < 1.29 is 14.3 Å². The number of carbonyl (C=O) groups excluding carboxylic acids is 1. The highest BCUT2D eigenvalue weighted by molar-refractivity contribution is 5.54. The maximum absolute atomic E-state index is 10.7. The molecule has 0 spiro atoms. The first kappa shape index (κ1) is 13.6. The summed E-state index contributed by atoms with van der Waals surface area (Å²) in [5, 5.41) is 0. The van der Waals surface area contributed by atoms with Gasteiger partial charge in [0.25, 0.3) is 0 Å². The zero-order chi connectivity index (χ0) is 13.9. The van der Waals surface area contributed by atoms with E-state index in [2.05, 4.69) is 11.9 Å². The van der Waals surface area contributed by atoms with E-state index in [-0.39, 0.29) is 0 Å². The van der Waals surface area contributed by atoms with Gasteiger partial charge in [-0.15, -0.1) is 0 Å². The average molecular weight is 261 g/mol. The molecule has 0 aromatic heterocycles. The number of benzene rings is 1. The summed E-state index contributed by atoms with van der Waals surface area (Å²) in [5.74, 6) is 1.60. The standard InChI is InChI=1S/C15H19NO3/c1-4-11-13(18-2)7-6-12(14(11)19-3)15(16-10-17)8-5-9-15/h6-7H,4-5,8-9H2,1-3H3. The fourth-order valence-corrected chi connectivity index (χ4v) is 2.78. The summed E-state index contributed by atoms with van der Waals surface area (Å²) in [5.41, 5.74) is 1.56. The van der Waals surface area contributed by atoms with Crippen LogP contribution in [0.15, 0.2) is 17.1 Å². The monoisotopic (exact) mass is 261 g/mol. The predicted octanol–water partition coefficient (Wildman–Crippen LogP) is 2.98. The van der Waals surface area contributed by atoms with Gasteiger partial charge in [0.2, 0.25) is 6.08 Å². The summed E-state index contributed by atoms with van der Waals surface area (Å²) in [6.07, 6.45) is 5.33. The minimum absolute atomic E-state index is 0.441. The van der Waals surface area contributed by atoms with Crippen LogP contribution in [0.1, 0.15) is 37.3 Å². The van der Waals surface area contributed by atoms with Crippen LogP contribution in [0.4, 0.5) is 0 Å². The lowest BCUT2D eigenvalue weighted by Crippen LogP contribution is -2.32. The topological polar surface area (TPSA) is 47.9 Å². The zero-order valence-electron chi connectivity index (χ0n) is 11.7. The first-order chi connectivity index (χ1) is 9.22. The Hall–Kier alpha value is -1.80. The maximum Gasteiger partial charge on any atom is 0.235 e. The Morgan fingerprint density at radius 2 is 2.05 bits per heavy atom. The molecule has 0 bridgehead atoms. The lowest BCUT2D eigenvalue weighted by molar-refractivity contribution is 0.245. The smallest absolute Gasteiger partial charge is 0.235 e. The van der Waals surface area contributed by atoms with Gasteiger partial charge < -0.3 is 9.47 Å². The van der Waals surface area contributed by atoms with Crippen LogP contribution in [0, 0.1) is 0 Å². The predicted molar refractivity (Wildman–Crippen MR) is 72.6 cm³/mol. The van der Waals surface area contributed by atoms with Gasteiger partial charge in [0.1, 0.15) is 17.0 Å². The van der Waals surface area contributed by atoms with E-state index in [0.29, 0.717) is 0 Å². The van der Waals surface area contributed by atoms with Gasteiger partial charge in [-0.3, -0.25) is 0 Å². The van der Waals surface area contributed by atoms with Crippen molar-refractivity contribution in [3.63, 3.8) is 0 Å². The maximum atomic E-state index is 10.7. The van der Waals surface area contributed by atoms with Crippen LogP contribution >= 0.6 is 0 Å². The number of ether oxygens (including phenoxy) is 2. The van der Waals surface area contributed by atoms with Crippen molar-refractivity contribution in [3.8, 4) is 11.5 Å². The van der Waals surface area contributed by atoms with Crippen molar-refractivity contribution in [2.45, 2.75) is 38.1 Å². The van der Waals surface area contributed by atoms with Gasteiger partial charge >= 0.3 is 0 Å². The number of hydrogen-bond donors (Lipinski definition) is 0. The number of isocyanates is 1. The Kier molecular flexibility index (Phi) is 3.91. The fourth-order valence-electron chi connectivity index (χ4n) is 2.78. The molecule has 4 nitrogen and oxygen atoms in total.